The number of rotatable bonds is 2. The molecule has 5 heteroatoms. The summed E-state index contributed by atoms with van der Waals surface area (Å²) >= 11 is 0. The first-order valence-corrected chi connectivity index (χ1v) is 6.00. The number of aromatic nitrogens is 1. The van der Waals surface area contributed by atoms with Crippen LogP contribution < -0.4 is 10.0 Å². The molecule has 0 spiro atoms. The smallest absolute Gasteiger partial charge is 0.334 e. The van der Waals surface area contributed by atoms with E-state index in [4.69, 9.17) is 0 Å². The van der Waals surface area contributed by atoms with Crippen molar-refractivity contribution in [1.82, 2.24) is 5.32 Å². The number of carboxylic acid groups (broad SMARTS) is 1. The molecular weight excluding hydrogens is 244 g/mol. The molecule has 2 heterocycles. The van der Waals surface area contributed by atoms with Gasteiger partial charge in [0.1, 0.15) is 0 Å². The SMILES string of the molecule is CC1=CC(c2ccc[n+]([O-])c2C)C(C(=O)O)=C(C)N1. The van der Waals surface area contributed by atoms with E-state index in [-0.39, 0.29) is 5.57 Å². The van der Waals surface area contributed by atoms with Crippen LogP contribution in [0.4, 0.5) is 0 Å². The van der Waals surface area contributed by atoms with Crippen LogP contribution >= 0.6 is 0 Å². The van der Waals surface area contributed by atoms with Crippen molar-refractivity contribution in [3.8, 4) is 0 Å². The maximum atomic E-state index is 11.6. The monoisotopic (exact) mass is 260 g/mol. The molecule has 1 aliphatic heterocycles. The van der Waals surface area contributed by atoms with Gasteiger partial charge in [0.2, 0.25) is 0 Å². The molecule has 1 atom stereocenters. The number of nitrogens with one attached hydrogen (secondary N) is 1. The maximum absolute atomic E-state index is 11.6. The van der Waals surface area contributed by atoms with Gasteiger partial charge in [-0.05, 0) is 19.9 Å². The fraction of sp³-hybridized carbons (Fsp3) is 0.286. The molecule has 1 aliphatic rings. The predicted octanol–water partition coefficient (Wildman–Crippen LogP) is 1.58. The molecule has 0 aliphatic carbocycles. The van der Waals surface area contributed by atoms with Crippen molar-refractivity contribution >= 4 is 5.97 Å². The quantitative estimate of drug-likeness (QED) is 0.625. The number of pyridine rings is 1. The first kappa shape index (κ1) is 13.1. The molecule has 1 aromatic rings. The Kier molecular flexibility index (Phi) is 3.29. The van der Waals surface area contributed by atoms with Crippen molar-refractivity contribution in [2.45, 2.75) is 26.7 Å². The van der Waals surface area contributed by atoms with E-state index in [9.17, 15) is 15.1 Å². The van der Waals surface area contributed by atoms with Gasteiger partial charge in [-0.2, -0.15) is 4.73 Å². The zero-order valence-corrected chi connectivity index (χ0v) is 11.1. The summed E-state index contributed by atoms with van der Waals surface area (Å²) < 4.78 is 0.759. The number of allylic oxidation sites excluding steroid dienone is 3. The lowest BCUT2D eigenvalue weighted by Gasteiger charge is -2.24. The summed E-state index contributed by atoms with van der Waals surface area (Å²) in [7, 11) is 0. The number of dihydropyridines is 1. The van der Waals surface area contributed by atoms with Gasteiger partial charge in [0.15, 0.2) is 11.9 Å². The van der Waals surface area contributed by atoms with E-state index in [0.717, 1.165) is 16.0 Å². The van der Waals surface area contributed by atoms with Crippen molar-refractivity contribution in [3.05, 3.63) is 57.8 Å². The van der Waals surface area contributed by atoms with Crippen LogP contribution in [0.2, 0.25) is 0 Å². The largest absolute Gasteiger partial charge is 0.619 e. The first-order chi connectivity index (χ1) is 8.91. The van der Waals surface area contributed by atoms with Crippen molar-refractivity contribution in [2.24, 2.45) is 0 Å². The fourth-order valence-corrected chi connectivity index (χ4v) is 2.42. The number of hydrogen-bond acceptors (Lipinski definition) is 3. The van der Waals surface area contributed by atoms with Gasteiger partial charge in [0.25, 0.3) is 0 Å². The molecule has 19 heavy (non-hydrogen) atoms. The number of hydrogen-bond donors (Lipinski definition) is 2. The number of aliphatic carboxylic acids is 1. The van der Waals surface area contributed by atoms with Gasteiger partial charge in [-0.1, -0.05) is 6.08 Å². The molecule has 0 saturated carbocycles. The third kappa shape index (κ3) is 2.31. The van der Waals surface area contributed by atoms with Gasteiger partial charge < -0.3 is 15.6 Å². The first-order valence-electron chi connectivity index (χ1n) is 6.00. The van der Waals surface area contributed by atoms with Crippen LogP contribution in [0.5, 0.6) is 0 Å². The maximum Gasteiger partial charge on any atom is 0.334 e. The average molecular weight is 260 g/mol. The zero-order chi connectivity index (χ0) is 14.2. The Morgan fingerprint density at radius 3 is 2.74 bits per heavy atom. The van der Waals surface area contributed by atoms with Crippen LogP contribution in [-0.4, -0.2) is 11.1 Å². The fourth-order valence-electron chi connectivity index (χ4n) is 2.42. The molecule has 2 rings (SSSR count). The van der Waals surface area contributed by atoms with Crippen LogP contribution in [0.1, 0.15) is 31.0 Å². The molecule has 0 amide bonds. The second kappa shape index (κ2) is 4.76. The average Bonchev–Trinajstić information content (AvgIpc) is 2.31. The van der Waals surface area contributed by atoms with Gasteiger partial charge in [-0.25, -0.2) is 4.79 Å². The van der Waals surface area contributed by atoms with E-state index in [0.29, 0.717) is 11.4 Å². The van der Waals surface area contributed by atoms with E-state index in [1.165, 1.54) is 6.20 Å². The van der Waals surface area contributed by atoms with Crippen molar-refractivity contribution in [3.63, 3.8) is 0 Å². The summed E-state index contributed by atoms with van der Waals surface area (Å²) in [6.45, 7) is 5.30. The molecule has 100 valence electrons. The predicted molar refractivity (Wildman–Crippen MR) is 70.1 cm³/mol. The lowest BCUT2D eigenvalue weighted by molar-refractivity contribution is -0.612. The molecule has 1 unspecified atom stereocenters. The van der Waals surface area contributed by atoms with Crippen LogP contribution in [0.15, 0.2) is 41.4 Å². The number of carbonyl (C=O) groups is 1. The second-order valence-corrected chi connectivity index (χ2v) is 4.67. The van der Waals surface area contributed by atoms with E-state index in [1.54, 1.807) is 26.0 Å². The summed E-state index contributed by atoms with van der Waals surface area (Å²) in [5, 5.41) is 24.0. The lowest BCUT2D eigenvalue weighted by atomic mass is 9.86. The third-order valence-electron chi connectivity index (χ3n) is 3.33. The Balaban J connectivity index is 2.60. The Bertz CT molecular complexity index is 603. The Labute approximate surface area is 111 Å². The zero-order valence-electron chi connectivity index (χ0n) is 11.1. The van der Waals surface area contributed by atoms with Gasteiger partial charge >= 0.3 is 5.97 Å². The lowest BCUT2D eigenvalue weighted by Crippen LogP contribution is -2.32. The number of carboxylic acids is 1. The van der Waals surface area contributed by atoms with Crippen LogP contribution in [0.3, 0.4) is 0 Å². The van der Waals surface area contributed by atoms with E-state index >= 15 is 0 Å². The van der Waals surface area contributed by atoms with E-state index in [2.05, 4.69) is 5.32 Å². The van der Waals surface area contributed by atoms with Crippen LogP contribution in [0.25, 0.3) is 0 Å². The topological polar surface area (TPSA) is 76.3 Å². The molecule has 2 N–H and O–H groups in total. The Morgan fingerprint density at radius 1 is 1.42 bits per heavy atom. The molecular formula is C14H16N2O3. The van der Waals surface area contributed by atoms with Crippen LogP contribution in [0, 0.1) is 12.1 Å². The second-order valence-electron chi connectivity index (χ2n) is 4.67. The van der Waals surface area contributed by atoms with Crippen molar-refractivity contribution in [2.75, 3.05) is 0 Å². The highest BCUT2D eigenvalue weighted by molar-refractivity contribution is 5.90. The summed E-state index contributed by atoms with van der Waals surface area (Å²) in [6, 6.07) is 3.43. The minimum Gasteiger partial charge on any atom is -0.619 e. The summed E-state index contributed by atoms with van der Waals surface area (Å²) in [5.74, 6) is -1.38. The molecule has 1 aromatic heterocycles. The standard InChI is InChI=1S/C14H16N2O3/c1-8-7-12(13(14(17)18)9(2)15-8)11-5-4-6-16(19)10(11)3/h4-7,12,15H,1-3H3,(H,17,18). The Hall–Kier alpha value is -2.30. The highest BCUT2D eigenvalue weighted by atomic mass is 16.5. The van der Waals surface area contributed by atoms with E-state index in [1.807, 2.05) is 13.0 Å². The van der Waals surface area contributed by atoms with Gasteiger partial charge in [-0.3, -0.25) is 0 Å². The molecule has 0 saturated heterocycles. The molecule has 5 nitrogen and oxygen atoms in total. The summed E-state index contributed by atoms with van der Waals surface area (Å²) in [6.07, 6.45) is 3.24. The van der Waals surface area contributed by atoms with Crippen LogP contribution in [-0.2, 0) is 4.79 Å². The normalized spacial score (nSPS) is 18.9. The van der Waals surface area contributed by atoms with E-state index < -0.39 is 11.9 Å². The van der Waals surface area contributed by atoms with Gasteiger partial charge in [0, 0.05) is 35.9 Å². The highest BCUT2D eigenvalue weighted by Crippen LogP contribution is 2.32. The molecule has 0 radical (unpaired) electrons. The number of nitrogens with zero attached hydrogens (tertiary/aromatic N) is 1. The van der Waals surface area contributed by atoms with Gasteiger partial charge in [0.05, 0.1) is 5.57 Å². The van der Waals surface area contributed by atoms with Crippen molar-refractivity contribution < 1.29 is 14.6 Å². The third-order valence-corrected chi connectivity index (χ3v) is 3.33. The Morgan fingerprint density at radius 2 is 2.11 bits per heavy atom. The summed E-state index contributed by atoms with van der Waals surface area (Å²) in [4.78, 5) is 11.4. The van der Waals surface area contributed by atoms with Gasteiger partial charge in [-0.15, -0.1) is 0 Å². The minimum absolute atomic E-state index is 0.278. The summed E-state index contributed by atoms with van der Waals surface area (Å²) in [5.41, 5.74) is 3.01. The highest BCUT2D eigenvalue weighted by Gasteiger charge is 2.29. The molecule has 0 aromatic carbocycles. The molecule has 0 fully saturated rings. The molecule has 0 bridgehead atoms. The van der Waals surface area contributed by atoms with Crippen molar-refractivity contribution in [1.29, 1.82) is 0 Å². The minimum atomic E-state index is -0.973.